The summed E-state index contributed by atoms with van der Waals surface area (Å²) in [5.74, 6) is 1.51. The molecule has 1 N–H and O–H groups in total. The zero-order valence-corrected chi connectivity index (χ0v) is 10.9. The van der Waals surface area contributed by atoms with Gasteiger partial charge in [0.15, 0.2) is 0 Å². The van der Waals surface area contributed by atoms with Crippen LogP contribution in [0.3, 0.4) is 0 Å². The Balaban J connectivity index is 2.98. The summed E-state index contributed by atoms with van der Waals surface area (Å²) in [6.45, 7) is 10.4. The van der Waals surface area contributed by atoms with Crippen LogP contribution >= 0.6 is 0 Å². The Labute approximate surface area is 103 Å². The smallest absolute Gasteiger partial charge is 0.119 e. The van der Waals surface area contributed by atoms with Crippen LogP contribution in [0.1, 0.15) is 25.0 Å². The van der Waals surface area contributed by atoms with Crippen LogP contribution in [0.4, 0.5) is 0 Å². The first-order valence-corrected chi connectivity index (χ1v) is 5.92. The molecule has 0 aliphatic carbocycles. The summed E-state index contributed by atoms with van der Waals surface area (Å²) >= 11 is 0. The third kappa shape index (κ3) is 3.79. The van der Waals surface area contributed by atoms with Crippen molar-refractivity contribution in [3.05, 3.63) is 35.9 Å². The van der Waals surface area contributed by atoms with Crippen LogP contribution in [0.2, 0.25) is 0 Å². The number of methoxy groups -OCH3 is 1. The van der Waals surface area contributed by atoms with E-state index in [4.69, 9.17) is 9.47 Å². The normalized spacial score (nSPS) is 10.1. The molecule has 0 atom stereocenters. The Bertz CT molecular complexity index is 374. The third-order valence-corrected chi connectivity index (χ3v) is 2.50. The monoisotopic (exact) mass is 235 g/mol. The van der Waals surface area contributed by atoms with Gasteiger partial charge in [-0.1, -0.05) is 19.6 Å². The first kappa shape index (κ1) is 13.6. The van der Waals surface area contributed by atoms with E-state index in [9.17, 15) is 0 Å². The fraction of sp³-hybridized carbons (Fsp3) is 0.429. The molecule has 1 aromatic rings. The lowest BCUT2D eigenvalue weighted by atomic mass is 10.1. The topological polar surface area (TPSA) is 30.5 Å². The number of rotatable bonds is 7. The number of hydrogen-bond acceptors (Lipinski definition) is 3. The van der Waals surface area contributed by atoms with Crippen LogP contribution < -0.4 is 10.1 Å². The molecule has 17 heavy (non-hydrogen) atoms. The summed E-state index contributed by atoms with van der Waals surface area (Å²) in [6, 6.07) is 5.96. The molecule has 94 valence electrons. The van der Waals surface area contributed by atoms with Crippen molar-refractivity contribution in [1.29, 1.82) is 0 Å². The van der Waals surface area contributed by atoms with Gasteiger partial charge in [-0.3, -0.25) is 0 Å². The van der Waals surface area contributed by atoms with E-state index < -0.39 is 0 Å². The van der Waals surface area contributed by atoms with E-state index in [1.807, 2.05) is 25.1 Å². The maximum atomic E-state index is 5.47. The lowest BCUT2D eigenvalue weighted by Gasteiger charge is -2.14. The third-order valence-electron chi connectivity index (χ3n) is 2.50. The van der Waals surface area contributed by atoms with Gasteiger partial charge in [0.25, 0.3) is 0 Å². The van der Waals surface area contributed by atoms with Crippen molar-refractivity contribution in [3.8, 4) is 5.75 Å². The highest BCUT2D eigenvalue weighted by molar-refractivity contribution is 5.63. The van der Waals surface area contributed by atoms with Gasteiger partial charge in [0.2, 0.25) is 0 Å². The summed E-state index contributed by atoms with van der Waals surface area (Å²) in [6.07, 6.45) is 0. The van der Waals surface area contributed by atoms with Crippen molar-refractivity contribution in [2.24, 2.45) is 0 Å². The first-order chi connectivity index (χ1) is 8.22. The zero-order chi connectivity index (χ0) is 12.7. The molecule has 3 heteroatoms. The minimum atomic E-state index is 0.622. The van der Waals surface area contributed by atoms with Gasteiger partial charge in [0.1, 0.15) is 11.5 Å². The molecule has 0 aromatic heterocycles. The van der Waals surface area contributed by atoms with Crippen molar-refractivity contribution >= 4 is 5.76 Å². The molecule has 1 rings (SSSR count). The van der Waals surface area contributed by atoms with Crippen LogP contribution in [0, 0.1) is 0 Å². The van der Waals surface area contributed by atoms with Crippen LogP contribution in [0.15, 0.2) is 24.8 Å². The second kappa shape index (κ2) is 6.97. The molecule has 3 nitrogen and oxygen atoms in total. The Morgan fingerprint density at radius 1 is 1.35 bits per heavy atom. The van der Waals surface area contributed by atoms with E-state index in [0.29, 0.717) is 12.4 Å². The van der Waals surface area contributed by atoms with Gasteiger partial charge in [-0.2, -0.15) is 0 Å². The van der Waals surface area contributed by atoms with Crippen LogP contribution in [0.25, 0.3) is 5.76 Å². The molecule has 0 amide bonds. The predicted molar refractivity (Wildman–Crippen MR) is 71.0 cm³/mol. The number of hydrogen-bond donors (Lipinski definition) is 1. The van der Waals surface area contributed by atoms with E-state index in [-0.39, 0.29) is 0 Å². The summed E-state index contributed by atoms with van der Waals surface area (Å²) < 4.78 is 10.7. The molecule has 0 radical (unpaired) electrons. The summed E-state index contributed by atoms with van der Waals surface area (Å²) in [7, 11) is 1.66. The van der Waals surface area contributed by atoms with Crippen LogP contribution in [-0.4, -0.2) is 20.3 Å². The fourth-order valence-corrected chi connectivity index (χ4v) is 1.61. The number of benzene rings is 1. The largest absolute Gasteiger partial charge is 0.497 e. The van der Waals surface area contributed by atoms with Crippen molar-refractivity contribution < 1.29 is 9.47 Å². The molecule has 0 bridgehead atoms. The molecule has 0 aliphatic rings. The summed E-state index contributed by atoms with van der Waals surface area (Å²) in [4.78, 5) is 0. The molecule has 0 saturated carbocycles. The molecular weight excluding hydrogens is 214 g/mol. The van der Waals surface area contributed by atoms with Crippen molar-refractivity contribution in [2.75, 3.05) is 20.3 Å². The highest BCUT2D eigenvalue weighted by atomic mass is 16.5. The highest BCUT2D eigenvalue weighted by Gasteiger charge is 2.08. The first-order valence-electron chi connectivity index (χ1n) is 5.92. The molecule has 1 aromatic carbocycles. The predicted octanol–water partition coefficient (Wildman–Crippen LogP) is 2.81. The lowest BCUT2D eigenvalue weighted by molar-refractivity contribution is 0.298. The summed E-state index contributed by atoms with van der Waals surface area (Å²) in [5.41, 5.74) is 2.18. The molecule has 0 aliphatic heterocycles. The van der Waals surface area contributed by atoms with Gasteiger partial charge >= 0.3 is 0 Å². The lowest BCUT2D eigenvalue weighted by Crippen LogP contribution is -2.13. The Morgan fingerprint density at radius 2 is 2.12 bits per heavy atom. The summed E-state index contributed by atoms with van der Waals surface area (Å²) in [5, 5.41) is 3.30. The van der Waals surface area contributed by atoms with E-state index in [0.717, 1.165) is 24.4 Å². The molecule has 0 spiro atoms. The maximum absolute atomic E-state index is 5.47. The van der Waals surface area contributed by atoms with Crippen LogP contribution in [0.5, 0.6) is 5.75 Å². The number of nitrogens with one attached hydrogen (secondary N) is 1. The van der Waals surface area contributed by atoms with Crippen molar-refractivity contribution in [1.82, 2.24) is 5.32 Å². The van der Waals surface area contributed by atoms with E-state index in [1.165, 1.54) is 5.56 Å². The van der Waals surface area contributed by atoms with Gasteiger partial charge in [0.05, 0.1) is 13.7 Å². The second-order valence-corrected chi connectivity index (χ2v) is 3.66. The zero-order valence-electron chi connectivity index (χ0n) is 10.9. The molecule has 0 fully saturated rings. The molecule has 0 heterocycles. The Morgan fingerprint density at radius 3 is 2.71 bits per heavy atom. The van der Waals surface area contributed by atoms with Gasteiger partial charge in [0, 0.05) is 12.1 Å². The van der Waals surface area contributed by atoms with Gasteiger partial charge < -0.3 is 14.8 Å². The van der Waals surface area contributed by atoms with E-state index in [1.54, 1.807) is 7.11 Å². The Kier molecular flexibility index (Phi) is 5.57. The maximum Gasteiger partial charge on any atom is 0.119 e. The highest BCUT2D eigenvalue weighted by Crippen LogP contribution is 2.24. The van der Waals surface area contributed by atoms with E-state index in [2.05, 4.69) is 18.8 Å². The van der Waals surface area contributed by atoms with Crippen LogP contribution in [-0.2, 0) is 11.3 Å². The van der Waals surface area contributed by atoms with Gasteiger partial charge in [-0.15, -0.1) is 0 Å². The van der Waals surface area contributed by atoms with Crippen molar-refractivity contribution in [3.63, 3.8) is 0 Å². The minimum Gasteiger partial charge on any atom is -0.497 e. The van der Waals surface area contributed by atoms with Gasteiger partial charge in [-0.25, -0.2) is 0 Å². The second-order valence-electron chi connectivity index (χ2n) is 3.66. The molecular formula is C14H21NO2. The molecule has 0 unspecified atom stereocenters. The standard InChI is InChI=1S/C14H21NO2/c1-5-15-10-12-7-8-13(16-4)9-14(12)11(3)17-6-2/h7-9,15H,3,5-6,10H2,1-2,4H3. The Hall–Kier alpha value is -1.48. The molecule has 0 saturated heterocycles. The average Bonchev–Trinajstić information content (AvgIpc) is 2.36. The quantitative estimate of drug-likeness (QED) is 0.737. The number of ether oxygens (including phenoxy) is 2. The van der Waals surface area contributed by atoms with Crippen molar-refractivity contribution in [2.45, 2.75) is 20.4 Å². The van der Waals surface area contributed by atoms with E-state index >= 15 is 0 Å². The minimum absolute atomic E-state index is 0.622. The average molecular weight is 235 g/mol. The van der Waals surface area contributed by atoms with Gasteiger partial charge in [-0.05, 0) is 31.2 Å². The fourth-order valence-electron chi connectivity index (χ4n) is 1.61. The SMILES string of the molecule is C=C(OCC)c1cc(OC)ccc1CNCC.